The van der Waals surface area contributed by atoms with Crippen LogP contribution in [-0.2, 0) is 48.2 Å². The molecule has 12 heterocycles. The summed E-state index contributed by atoms with van der Waals surface area (Å²) in [6.07, 6.45) is 18.0. The van der Waals surface area contributed by atoms with Crippen molar-refractivity contribution in [1.29, 1.82) is 0 Å². The molecule has 2 aliphatic carbocycles. The van der Waals surface area contributed by atoms with Gasteiger partial charge in [0, 0.05) is 111 Å². The molecule has 18 rings (SSSR count). The molecule has 12 aromatic rings. The largest absolute Gasteiger partial charge is 0.491 e. The first-order chi connectivity index (χ1) is 53.6. The van der Waals surface area contributed by atoms with Crippen molar-refractivity contribution >= 4 is 45.6 Å². The van der Waals surface area contributed by atoms with E-state index in [1.807, 2.05) is 144 Å². The van der Waals surface area contributed by atoms with Crippen LogP contribution in [0.25, 0.3) is 22.1 Å². The molecule has 24 heteroatoms. The minimum absolute atomic E-state index is 0.0887. The Morgan fingerprint density at radius 1 is 0.477 bits per heavy atom. The molecule has 0 unspecified atom stereocenters. The Labute approximate surface area is 644 Å². The maximum Gasteiger partial charge on any atom is 0.255 e. The Morgan fingerprint density at radius 3 is 1.35 bits per heavy atom. The lowest BCUT2D eigenvalue weighted by Crippen LogP contribution is -2.52. The summed E-state index contributed by atoms with van der Waals surface area (Å²) >= 11 is 0. The molecule has 23 nitrogen and oxygen atoms in total. The number of imidazole rings is 4. The first-order valence-electron chi connectivity index (χ1n) is 38.4. The monoisotopic (exact) mass is 1500 g/mol. The van der Waals surface area contributed by atoms with Crippen LogP contribution in [0.4, 0.5) is 4.39 Å². The highest BCUT2D eigenvalue weighted by Crippen LogP contribution is 2.46. The molecule has 0 atom stereocenters. The minimum Gasteiger partial charge on any atom is -0.491 e. The van der Waals surface area contributed by atoms with E-state index in [1.165, 1.54) is 29.0 Å². The second kappa shape index (κ2) is 31.2. The topological polar surface area (TPSA) is 259 Å². The van der Waals surface area contributed by atoms with Gasteiger partial charge in [-0.25, -0.2) is 24.3 Å². The van der Waals surface area contributed by atoms with E-state index in [4.69, 9.17) is 28.9 Å². The maximum atomic E-state index is 13.9. The summed E-state index contributed by atoms with van der Waals surface area (Å²) in [7, 11) is 0. The normalized spacial score (nSPS) is 16.1. The molecule has 4 aromatic carbocycles. The van der Waals surface area contributed by atoms with Crippen LogP contribution in [0.3, 0.4) is 0 Å². The van der Waals surface area contributed by atoms with E-state index in [9.17, 15) is 23.6 Å². The third kappa shape index (κ3) is 15.2. The Morgan fingerprint density at radius 2 is 0.892 bits per heavy atom. The number of pyridine rings is 4. The van der Waals surface area contributed by atoms with Crippen LogP contribution in [0.2, 0.25) is 0 Å². The highest BCUT2D eigenvalue weighted by atomic mass is 19.1. The zero-order valence-corrected chi connectivity index (χ0v) is 64.5. The molecular formula is C87H96FN15O8. The van der Waals surface area contributed by atoms with Gasteiger partial charge in [-0.1, -0.05) is 80.6 Å². The lowest BCUT2D eigenvalue weighted by molar-refractivity contribution is 0.0802. The summed E-state index contributed by atoms with van der Waals surface area (Å²) in [6, 6.07) is 36.7. The number of para-hydroxylation sites is 4. The Kier molecular flexibility index (Phi) is 21.1. The summed E-state index contributed by atoms with van der Waals surface area (Å²) in [5.41, 5.74) is 13.7. The van der Waals surface area contributed by atoms with Gasteiger partial charge in [0.25, 0.3) is 17.7 Å². The number of nitrogens with one attached hydrogen (secondary N) is 7. The van der Waals surface area contributed by atoms with Crippen molar-refractivity contribution < 1.29 is 42.5 Å². The van der Waals surface area contributed by atoms with Gasteiger partial charge in [0.05, 0.1) is 85.2 Å². The van der Waals surface area contributed by atoms with Gasteiger partial charge in [0.15, 0.2) is 5.78 Å². The molecule has 0 spiro atoms. The number of rotatable bonds is 13. The predicted octanol–water partition coefficient (Wildman–Crippen LogP) is 12.4. The van der Waals surface area contributed by atoms with Crippen LogP contribution in [0.1, 0.15) is 181 Å². The zero-order valence-electron chi connectivity index (χ0n) is 64.5. The molecular weight excluding hydrogens is 1400 g/mol. The van der Waals surface area contributed by atoms with Gasteiger partial charge < -0.3 is 69.4 Å². The second-order valence-electron chi connectivity index (χ2n) is 30.9. The number of hydrogen-bond donors (Lipinski definition) is 7. The molecule has 0 saturated heterocycles. The molecule has 3 amide bonds. The van der Waals surface area contributed by atoms with E-state index in [-0.39, 0.29) is 29.3 Å². The average Bonchev–Trinajstić information content (AvgIpc) is 1.65. The molecule has 6 aliphatic rings. The van der Waals surface area contributed by atoms with E-state index in [2.05, 4.69) is 113 Å². The lowest BCUT2D eigenvalue weighted by Gasteiger charge is -2.41. The number of aryl methyl sites for hydroxylation is 5. The standard InChI is InChI=1S/C23H27N3O2.C22H24N4O2.C21H23FN4O2.C21H22N4O2/c1-15-7-6-11-26-20(15)16(2)25-22(26)23(3,4)13-19(27)18-9-5-8-17-14-24-10-12-28-21(17)18;1-15-5-3-11-26-18(15)14-24-21(26)22(8-4-9-22)25-20(27)17-7-2-6-16-13-23-10-12-28-19(16)17;1-13-9-15(22)12-26-17(13)11-24-20(26)21(2,3)25-19(27)16-6-4-5-14-10-23-7-8-28-18(14)16;1-14-4-3-10-25-17(14)13-23-20(25)21(7-8-21)24-19(26)16-6-2-5-15-12-22-9-11-27-18(15)16/h5-9,11,24H,10,12-14H2,1-4H3;2-3,5-7,11,14,23H,4,8-10,12-13H2,1H3,(H,25,27);4-6,9,11-12,23H,7-8,10H2,1-3H3,(H,25,27);2-6,10,13,22H,7-9,11-12H2,1H3,(H,24,26). The van der Waals surface area contributed by atoms with Crippen molar-refractivity contribution in [3.05, 3.63) is 260 Å². The molecule has 111 heavy (non-hydrogen) atoms. The molecule has 8 aromatic heterocycles. The van der Waals surface area contributed by atoms with Crippen LogP contribution >= 0.6 is 0 Å². The molecule has 0 radical (unpaired) electrons. The number of amides is 3. The Hall–Kier alpha value is -11.3. The fraction of sp³-hybridized carbons (Fsp3) is 0.356. The zero-order chi connectivity index (χ0) is 77.3. The smallest absolute Gasteiger partial charge is 0.255 e. The van der Waals surface area contributed by atoms with Gasteiger partial charge in [-0.05, 0) is 151 Å². The van der Waals surface area contributed by atoms with Crippen LogP contribution < -0.4 is 56.2 Å². The molecule has 2 fully saturated rings. The number of Topliss-reactive ketones (excluding diaryl/α,β-unsaturated/α-hetero) is 1. The highest BCUT2D eigenvalue weighted by molar-refractivity contribution is 6.01. The van der Waals surface area contributed by atoms with E-state index in [0.29, 0.717) is 97.8 Å². The number of aromatic nitrogens is 8. The van der Waals surface area contributed by atoms with Crippen molar-refractivity contribution in [2.75, 3.05) is 52.6 Å². The fourth-order valence-electron chi connectivity index (χ4n) is 15.9. The summed E-state index contributed by atoms with van der Waals surface area (Å²) in [5, 5.41) is 22.8. The van der Waals surface area contributed by atoms with Gasteiger partial charge in [0.2, 0.25) is 0 Å². The molecule has 4 aliphatic heterocycles. The highest BCUT2D eigenvalue weighted by Gasteiger charge is 2.50. The van der Waals surface area contributed by atoms with Crippen molar-refractivity contribution in [2.24, 2.45) is 0 Å². The predicted molar refractivity (Wildman–Crippen MR) is 423 cm³/mol. The van der Waals surface area contributed by atoms with Crippen molar-refractivity contribution in [2.45, 2.75) is 149 Å². The van der Waals surface area contributed by atoms with Gasteiger partial charge in [-0.3, -0.25) is 23.6 Å². The maximum absolute atomic E-state index is 13.9. The van der Waals surface area contributed by atoms with E-state index >= 15 is 0 Å². The number of halogens is 1. The van der Waals surface area contributed by atoms with Crippen LogP contribution in [0.15, 0.2) is 159 Å². The van der Waals surface area contributed by atoms with E-state index in [1.54, 1.807) is 16.7 Å². The molecule has 574 valence electrons. The Balaban J connectivity index is 0.000000117. The number of ether oxygens (including phenoxy) is 4. The van der Waals surface area contributed by atoms with Gasteiger partial charge in [-0.2, -0.15) is 0 Å². The van der Waals surface area contributed by atoms with E-state index in [0.717, 1.165) is 144 Å². The van der Waals surface area contributed by atoms with Crippen molar-refractivity contribution in [1.82, 2.24) is 74.8 Å². The third-order valence-corrected chi connectivity index (χ3v) is 21.9. The summed E-state index contributed by atoms with van der Waals surface area (Å²) < 4.78 is 45.5. The first-order valence-corrected chi connectivity index (χ1v) is 38.4. The number of nitrogens with zero attached hydrogens (tertiary/aromatic N) is 8. The van der Waals surface area contributed by atoms with E-state index < -0.39 is 22.0 Å². The second-order valence-corrected chi connectivity index (χ2v) is 30.9. The minimum atomic E-state index is -0.824. The number of ketones is 1. The lowest BCUT2D eigenvalue weighted by atomic mass is 9.75. The number of carbonyl (C=O) groups excluding carboxylic acids is 4. The fourth-order valence-corrected chi connectivity index (χ4v) is 15.9. The first kappa shape index (κ1) is 75.1. The number of fused-ring (bicyclic) bond motifs is 8. The van der Waals surface area contributed by atoms with Gasteiger partial charge in [-0.15, -0.1) is 0 Å². The van der Waals surface area contributed by atoms with Crippen LogP contribution in [0, 0.1) is 40.4 Å². The molecule has 2 saturated carbocycles. The van der Waals surface area contributed by atoms with Crippen molar-refractivity contribution in [3.8, 4) is 23.0 Å². The van der Waals surface area contributed by atoms with Crippen LogP contribution in [-0.4, -0.2) is 114 Å². The quantitative estimate of drug-likeness (QED) is 0.0530. The Bertz CT molecular complexity index is 5550. The average molecular weight is 1500 g/mol. The van der Waals surface area contributed by atoms with Crippen LogP contribution in [0.5, 0.6) is 23.0 Å². The summed E-state index contributed by atoms with van der Waals surface area (Å²) in [4.78, 5) is 71.5. The van der Waals surface area contributed by atoms with Gasteiger partial charge >= 0.3 is 0 Å². The molecule has 7 N–H and O–H groups in total. The molecule has 0 bridgehead atoms. The number of carbonyl (C=O) groups is 4. The number of hydrogen-bond acceptors (Lipinski definition) is 16. The number of benzene rings is 4. The SMILES string of the molecule is Cc1cc(F)cn2c(C(C)(C)NC(=O)c3cccc4c3OCCNC4)ncc12.Cc1cccn2c(C(C)(C)CC(=O)c3cccc4c3OCCNC4)nc(C)c12.Cc1cccn2c(C3(NC(=O)c4cccc5c4OCCNC5)CC3)ncc12.Cc1cccn2c(C3(NC(=O)c4cccc5c4OCCNC5)CCC3)ncc12. The van der Waals surface area contributed by atoms with Crippen molar-refractivity contribution in [3.63, 3.8) is 0 Å². The third-order valence-electron chi connectivity index (χ3n) is 21.9. The summed E-state index contributed by atoms with van der Waals surface area (Å²) in [5.74, 6) is 5.31. The van der Waals surface area contributed by atoms with Gasteiger partial charge in [0.1, 0.15) is 78.5 Å². The summed E-state index contributed by atoms with van der Waals surface area (Å²) in [6.45, 7) is 26.1.